The molecule has 6 nitrogen and oxygen atoms in total. The maximum atomic E-state index is 12.2. The van der Waals surface area contributed by atoms with E-state index in [1.165, 1.54) is 0 Å². The van der Waals surface area contributed by atoms with Crippen LogP contribution in [0.4, 0.5) is 21.9 Å². The van der Waals surface area contributed by atoms with E-state index in [-0.39, 0.29) is 18.5 Å². The molecule has 1 fully saturated rings. The van der Waals surface area contributed by atoms with Gasteiger partial charge >= 0.3 is 6.09 Å². The van der Waals surface area contributed by atoms with Crippen LogP contribution in [0.25, 0.3) is 0 Å². The van der Waals surface area contributed by atoms with Crippen LogP contribution < -0.4 is 15.5 Å². The molecule has 0 spiro atoms. The topological polar surface area (TPSA) is 70.7 Å². The molecule has 26 heavy (non-hydrogen) atoms. The van der Waals surface area contributed by atoms with Crippen LogP contribution in [-0.2, 0) is 9.53 Å². The Morgan fingerprint density at radius 1 is 1.23 bits per heavy atom. The molecule has 2 aromatic carbocycles. The molecule has 2 N–H and O–H groups in total. The third-order valence-corrected chi connectivity index (χ3v) is 4.56. The van der Waals surface area contributed by atoms with Crippen LogP contribution in [-0.4, -0.2) is 31.7 Å². The summed E-state index contributed by atoms with van der Waals surface area (Å²) in [6.45, 7) is 2.81. The number of carbonyl (C=O) groups is 2. The number of nitrogens with zero attached hydrogens (tertiary/aromatic N) is 1. The molecule has 0 saturated carbocycles. The molecule has 8 heteroatoms. The minimum Gasteiger partial charge on any atom is -0.447 e. The van der Waals surface area contributed by atoms with Crippen LogP contribution in [0.3, 0.4) is 0 Å². The molecule has 2 amide bonds. The monoisotopic (exact) mass is 393 g/mol. The van der Waals surface area contributed by atoms with E-state index in [0.29, 0.717) is 28.9 Å². The van der Waals surface area contributed by atoms with Crippen LogP contribution in [0.1, 0.15) is 5.56 Å². The van der Waals surface area contributed by atoms with Gasteiger partial charge in [-0.25, -0.2) is 4.79 Å². The van der Waals surface area contributed by atoms with Crippen molar-refractivity contribution >= 4 is 52.3 Å². The normalized spacial score (nSPS) is 13.5. The summed E-state index contributed by atoms with van der Waals surface area (Å²) in [6.07, 6.45) is -0.362. The zero-order valence-electron chi connectivity index (χ0n) is 14.0. The number of rotatable bonds is 5. The Hall–Kier alpha value is -2.44. The number of carbonyl (C=O) groups excluding carboxylic acids is 2. The van der Waals surface area contributed by atoms with Crippen molar-refractivity contribution < 1.29 is 14.3 Å². The standard InChI is InChI=1S/C18H17Cl2N3O3/c1-11-14(3-2-4-16(11)23-7-8-26-18(23)25)21-10-17(24)22-15-9-12(19)5-6-13(15)20/h2-6,9,21H,7-8,10H2,1H3,(H,22,24). The molecule has 1 aliphatic rings. The second kappa shape index (κ2) is 7.85. The van der Waals surface area contributed by atoms with Crippen molar-refractivity contribution in [1.82, 2.24) is 0 Å². The molecular formula is C18H17Cl2N3O3. The fraction of sp³-hybridized carbons (Fsp3) is 0.222. The third kappa shape index (κ3) is 4.03. The molecule has 3 rings (SSSR count). The van der Waals surface area contributed by atoms with Gasteiger partial charge in [-0.15, -0.1) is 0 Å². The van der Waals surface area contributed by atoms with Gasteiger partial charge in [0.2, 0.25) is 5.91 Å². The molecule has 0 unspecified atom stereocenters. The first kappa shape index (κ1) is 18.4. The minimum atomic E-state index is -0.362. The Balaban J connectivity index is 1.67. The Kier molecular flexibility index (Phi) is 5.54. The smallest absolute Gasteiger partial charge is 0.414 e. The van der Waals surface area contributed by atoms with Crippen LogP contribution >= 0.6 is 23.2 Å². The Labute approximate surface area is 161 Å². The van der Waals surface area contributed by atoms with E-state index < -0.39 is 0 Å². The fourth-order valence-electron chi connectivity index (χ4n) is 2.68. The minimum absolute atomic E-state index is 0.0393. The first-order chi connectivity index (χ1) is 12.5. The number of hydrogen-bond donors (Lipinski definition) is 2. The van der Waals surface area contributed by atoms with E-state index in [1.807, 2.05) is 25.1 Å². The summed E-state index contributed by atoms with van der Waals surface area (Å²) in [5.74, 6) is -0.264. The second-order valence-electron chi connectivity index (χ2n) is 5.74. The summed E-state index contributed by atoms with van der Waals surface area (Å²) >= 11 is 12.0. The fourth-order valence-corrected chi connectivity index (χ4v) is 3.02. The largest absolute Gasteiger partial charge is 0.447 e. The van der Waals surface area contributed by atoms with Crippen molar-refractivity contribution in [2.24, 2.45) is 0 Å². The van der Waals surface area contributed by atoms with E-state index in [9.17, 15) is 9.59 Å². The summed E-state index contributed by atoms with van der Waals surface area (Å²) in [5.41, 5.74) is 2.83. The lowest BCUT2D eigenvalue weighted by atomic mass is 10.1. The van der Waals surface area contributed by atoms with Crippen LogP contribution in [0.2, 0.25) is 10.0 Å². The van der Waals surface area contributed by atoms with Gasteiger partial charge in [-0.1, -0.05) is 29.3 Å². The van der Waals surface area contributed by atoms with Crippen molar-refractivity contribution in [2.75, 3.05) is 35.2 Å². The molecule has 0 radical (unpaired) electrons. The second-order valence-corrected chi connectivity index (χ2v) is 6.59. The highest BCUT2D eigenvalue weighted by Crippen LogP contribution is 2.29. The predicted octanol–water partition coefficient (Wildman–Crippen LogP) is 4.31. The number of cyclic esters (lactones) is 1. The van der Waals surface area contributed by atoms with Crippen molar-refractivity contribution in [3.05, 3.63) is 52.0 Å². The zero-order valence-corrected chi connectivity index (χ0v) is 15.5. The van der Waals surface area contributed by atoms with Crippen LogP contribution in [0.5, 0.6) is 0 Å². The van der Waals surface area contributed by atoms with E-state index in [1.54, 1.807) is 23.1 Å². The first-order valence-electron chi connectivity index (χ1n) is 7.98. The van der Waals surface area contributed by atoms with Gasteiger partial charge in [-0.3, -0.25) is 9.69 Å². The summed E-state index contributed by atoms with van der Waals surface area (Å²) in [4.78, 5) is 25.5. The van der Waals surface area contributed by atoms with Crippen molar-refractivity contribution in [3.63, 3.8) is 0 Å². The number of benzene rings is 2. The Morgan fingerprint density at radius 2 is 2.04 bits per heavy atom. The van der Waals surface area contributed by atoms with Gasteiger partial charge in [-0.2, -0.15) is 0 Å². The summed E-state index contributed by atoms with van der Waals surface area (Å²) in [6, 6.07) is 10.4. The quantitative estimate of drug-likeness (QED) is 0.793. The Morgan fingerprint density at radius 3 is 2.77 bits per heavy atom. The molecule has 136 valence electrons. The summed E-state index contributed by atoms with van der Waals surface area (Å²) in [5, 5.41) is 6.69. The van der Waals surface area contributed by atoms with Gasteiger partial charge in [-0.05, 0) is 42.8 Å². The molecule has 2 aromatic rings. The number of amides is 2. The molecule has 1 aliphatic heterocycles. The average Bonchev–Trinajstić information content (AvgIpc) is 3.03. The number of anilines is 3. The van der Waals surface area contributed by atoms with E-state index in [0.717, 1.165) is 16.9 Å². The number of hydrogen-bond acceptors (Lipinski definition) is 4. The predicted molar refractivity (Wildman–Crippen MR) is 103 cm³/mol. The highest BCUT2D eigenvalue weighted by molar-refractivity contribution is 6.35. The SMILES string of the molecule is Cc1c(NCC(=O)Nc2cc(Cl)ccc2Cl)cccc1N1CCOC1=O. The van der Waals surface area contributed by atoms with Gasteiger partial charge in [0, 0.05) is 10.7 Å². The molecule has 0 aromatic heterocycles. The molecule has 0 aliphatic carbocycles. The van der Waals surface area contributed by atoms with Crippen molar-refractivity contribution in [1.29, 1.82) is 0 Å². The van der Waals surface area contributed by atoms with E-state index in [2.05, 4.69) is 10.6 Å². The molecule has 1 saturated heterocycles. The molecular weight excluding hydrogens is 377 g/mol. The lowest BCUT2D eigenvalue weighted by molar-refractivity contribution is -0.114. The maximum absolute atomic E-state index is 12.2. The van der Waals surface area contributed by atoms with Gasteiger partial charge in [0.1, 0.15) is 6.61 Å². The van der Waals surface area contributed by atoms with Gasteiger partial charge in [0.05, 0.1) is 29.5 Å². The number of ether oxygens (including phenoxy) is 1. The van der Waals surface area contributed by atoms with E-state index in [4.69, 9.17) is 27.9 Å². The van der Waals surface area contributed by atoms with Crippen LogP contribution in [0, 0.1) is 6.92 Å². The lowest BCUT2D eigenvalue weighted by Gasteiger charge is -2.18. The lowest BCUT2D eigenvalue weighted by Crippen LogP contribution is -2.25. The first-order valence-corrected chi connectivity index (χ1v) is 8.74. The van der Waals surface area contributed by atoms with Crippen molar-refractivity contribution in [3.8, 4) is 0 Å². The zero-order chi connectivity index (χ0) is 18.7. The molecule has 0 bridgehead atoms. The number of nitrogens with one attached hydrogen (secondary N) is 2. The van der Waals surface area contributed by atoms with Crippen LogP contribution in [0.15, 0.2) is 36.4 Å². The summed E-state index contributed by atoms with van der Waals surface area (Å²) < 4.78 is 4.98. The highest BCUT2D eigenvalue weighted by Gasteiger charge is 2.25. The highest BCUT2D eigenvalue weighted by atomic mass is 35.5. The van der Waals surface area contributed by atoms with Crippen molar-refractivity contribution in [2.45, 2.75) is 6.92 Å². The average molecular weight is 394 g/mol. The van der Waals surface area contributed by atoms with E-state index >= 15 is 0 Å². The summed E-state index contributed by atoms with van der Waals surface area (Å²) in [7, 11) is 0. The van der Waals surface area contributed by atoms with Gasteiger partial charge in [0.15, 0.2) is 0 Å². The maximum Gasteiger partial charge on any atom is 0.414 e. The number of halogens is 2. The molecule has 1 heterocycles. The Bertz CT molecular complexity index is 858. The van der Waals surface area contributed by atoms with Gasteiger partial charge < -0.3 is 15.4 Å². The molecule has 0 atom stereocenters. The van der Waals surface area contributed by atoms with Gasteiger partial charge in [0.25, 0.3) is 0 Å². The third-order valence-electron chi connectivity index (χ3n) is 4.00.